The van der Waals surface area contributed by atoms with Gasteiger partial charge in [-0.25, -0.2) is 4.79 Å². The largest absolute Gasteiger partial charge is 0.482 e. The lowest BCUT2D eigenvalue weighted by atomic mass is 9.98. The first-order chi connectivity index (χ1) is 14.0. The molecule has 1 heterocycles. The lowest BCUT2D eigenvalue weighted by Gasteiger charge is -2.13. The third-order valence-corrected chi connectivity index (χ3v) is 5.79. The number of benzene rings is 2. The molecule has 0 spiro atoms. The number of nitrogens with one attached hydrogen (secondary N) is 1. The van der Waals surface area contributed by atoms with Crippen LogP contribution in [0.25, 0.3) is 10.9 Å². The Labute approximate surface area is 174 Å². The Morgan fingerprint density at radius 1 is 1.21 bits per heavy atom. The highest BCUT2D eigenvalue weighted by atomic mass is 35.5. The standard InChI is InChI=1S/C23H24ClNO4/c1-14-8-18(28-13-22(26)27)11-20(24)23(14)29-17-6-7-21-19(10-17)16(12-25-21)9-15-4-2-3-5-15/h6-8,10-12,15,25H,2-5,9,13H2,1H3,(H,26,27). The molecule has 0 unspecified atom stereocenters. The molecule has 2 aromatic carbocycles. The van der Waals surface area contributed by atoms with Gasteiger partial charge in [0.2, 0.25) is 0 Å². The first kappa shape index (κ1) is 19.6. The van der Waals surface area contributed by atoms with Crippen molar-refractivity contribution in [3.8, 4) is 17.2 Å². The molecule has 0 aliphatic heterocycles. The molecule has 2 N–H and O–H groups in total. The van der Waals surface area contributed by atoms with Crippen molar-refractivity contribution in [3.63, 3.8) is 0 Å². The summed E-state index contributed by atoms with van der Waals surface area (Å²) in [5, 5.41) is 10.3. The van der Waals surface area contributed by atoms with Crippen LogP contribution in [0.1, 0.15) is 36.8 Å². The molecule has 5 nitrogen and oxygen atoms in total. The number of aromatic nitrogens is 1. The van der Waals surface area contributed by atoms with Gasteiger partial charge in [0.05, 0.1) is 5.02 Å². The van der Waals surface area contributed by atoms with Gasteiger partial charge in [-0.3, -0.25) is 0 Å². The lowest BCUT2D eigenvalue weighted by Crippen LogP contribution is -2.09. The number of rotatable bonds is 7. The van der Waals surface area contributed by atoms with Crippen LogP contribution < -0.4 is 9.47 Å². The second-order valence-electron chi connectivity index (χ2n) is 7.71. The predicted molar refractivity (Wildman–Crippen MR) is 113 cm³/mol. The van der Waals surface area contributed by atoms with E-state index in [0.29, 0.717) is 22.3 Å². The number of fused-ring (bicyclic) bond motifs is 1. The molecule has 152 valence electrons. The first-order valence-corrected chi connectivity index (χ1v) is 10.3. The number of aliphatic carboxylic acids is 1. The highest BCUT2D eigenvalue weighted by molar-refractivity contribution is 6.32. The van der Waals surface area contributed by atoms with E-state index >= 15 is 0 Å². The Morgan fingerprint density at radius 2 is 2.00 bits per heavy atom. The number of carboxylic acids is 1. The summed E-state index contributed by atoms with van der Waals surface area (Å²) in [7, 11) is 0. The maximum atomic E-state index is 10.7. The van der Waals surface area contributed by atoms with Crippen LogP contribution in [-0.2, 0) is 11.2 Å². The number of hydrogen-bond donors (Lipinski definition) is 2. The number of carbonyl (C=O) groups is 1. The monoisotopic (exact) mass is 413 g/mol. The fourth-order valence-electron chi connectivity index (χ4n) is 4.09. The van der Waals surface area contributed by atoms with Crippen molar-refractivity contribution >= 4 is 28.5 Å². The van der Waals surface area contributed by atoms with Crippen LogP contribution in [0.5, 0.6) is 17.2 Å². The summed E-state index contributed by atoms with van der Waals surface area (Å²) >= 11 is 6.38. The molecule has 1 aliphatic rings. The number of aromatic amines is 1. The van der Waals surface area contributed by atoms with Crippen LogP contribution in [0, 0.1) is 12.8 Å². The summed E-state index contributed by atoms with van der Waals surface area (Å²) in [6.07, 6.45) is 8.51. The zero-order valence-electron chi connectivity index (χ0n) is 16.3. The summed E-state index contributed by atoms with van der Waals surface area (Å²) in [4.78, 5) is 14.0. The normalized spacial score (nSPS) is 14.4. The van der Waals surface area contributed by atoms with Crippen LogP contribution in [0.4, 0.5) is 0 Å². The van der Waals surface area contributed by atoms with E-state index in [0.717, 1.165) is 23.4 Å². The minimum Gasteiger partial charge on any atom is -0.482 e. The van der Waals surface area contributed by atoms with Crippen molar-refractivity contribution in [2.24, 2.45) is 5.92 Å². The molecule has 0 amide bonds. The molecule has 0 saturated heterocycles. The van der Waals surface area contributed by atoms with Crippen LogP contribution >= 0.6 is 11.6 Å². The fourth-order valence-corrected chi connectivity index (χ4v) is 4.39. The summed E-state index contributed by atoms with van der Waals surface area (Å²) < 4.78 is 11.3. The molecule has 1 aromatic heterocycles. The topological polar surface area (TPSA) is 71.6 Å². The average Bonchev–Trinajstić information content (AvgIpc) is 3.33. The summed E-state index contributed by atoms with van der Waals surface area (Å²) in [6, 6.07) is 9.30. The Bertz CT molecular complexity index is 1010. The van der Waals surface area contributed by atoms with Gasteiger partial charge in [0.1, 0.15) is 17.2 Å². The Hall–Kier alpha value is -2.66. The molecule has 1 fully saturated rings. The second-order valence-corrected chi connectivity index (χ2v) is 8.12. The molecule has 0 atom stereocenters. The van der Waals surface area contributed by atoms with Crippen molar-refractivity contribution in [3.05, 3.63) is 52.7 Å². The van der Waals surface area contributed by atoms with Crippen LogP contribution in [0.2, 0.25) is 5.02 Å². The second kappa shape index (κ2) is 8.37. The zero-order valence-corrected chi connectivity index (χ0v) is 17.1. The van der Waals surface area contributed by atoms with E-state index in [4.69, 9.17) is 26.2 Å². The zero-order chi connectivity index (χ0) is 20.4. The first-order valence-electron chi connectivity index (χ1n) is 9.92. The minimum atomic E-state index is -1.03. The molecule has 0 radical (unpaired) electrons. The van der Waals surface area contributed by atoms with Crippen LogP contribution in [0.3, 0.4) is 0 Å². The lowest BCUT2D eigenvalue weighted by molar-refractivity contribution is -0.139. The van der Waals surface area contributed by atoms with Gasteiger partial charge < -0.3 is 19.6 Å². The smallest absolute Gasteiger partial charge is 0.341 e. The number of hydrogen-bond acceptors (Lipinski definition) is 3. The van der Waals surface area contributed by atoms with E-state index in [1.54, 1.807) is 12.1 Å². The third kappa shape index (κ3) is 4.51. The number of H-pyrrole nitrogens is 1. The molecule has 6 heteroatoms. The van der Waals surface area contributed by atoms with Crippen molar-refractivity contribution in [2.75, 3.05) is 6.61 Å². The van der Waals surface area contributed by atoms with Gasteiger partial charge >= 0.3 is 5.97 Å². The van der Waals surface area contributed by atoms with E-state index in [-0.39, 0.29) is 0 Å². The van der Waals surface area contributed by atoms with E-state index in [2.05, 4.69) is 17.2 Å². The maximum absolute atomic E-state index is 10.7. The number of aryl methyl sites for hydroxylation is 1. The third-order valence-electron chi connectivity index (χ3n) is 5.51. The highest BCUT2D eigenvalue weighted by Crippen LogP contribution is 2.38. The summed E-state index contributed by atoms with van der Waals surface area (Å²) in [5.74, 6) is 1.40. The van der Waals surface area contributed by atoms with Gasteiger partial charge in [-0.15, -0.1) is 0 Å². The van der Waals surface area contributed by atoms with Crippen molar-refractivity contribution in [2.45, 2.75) is 39.0 Å². The fraction of sp³-hybridized carbons (Fsp3) is 0.348. The SMILES string of the molecule is Cc1cc(OCC(=O)O)cc(Cl)c1Oc1ccc2[nH]cc(CC3CCCC3)c2c1. The quantitative estimate of drug-likeness (QED) is 0.489. The molecule has 1 aliphatic carbocycles. The predicted octanol–water partition coefficient (Wildman–Crippen LogP) is 6.12. The van der Waals surface area contributed by atoms with Crippen molar-refractivity contribution < 1.29 is 19.4 Å². The van der Waals surface area contributed by atoms with Gasteiger partial charge in [0, 0.05) is 23.2 Å². The number of halogens is 1. The molecule has 3 aromatic rings. The minimum absolute atomic E-state index is 0.380. The summed E-state index contributed by atoms with van der Waals surface area (Å²) in [6.45, 7) is 1.44. The molecular weight excluding hydrogens is 390 g/mol. The maximum Gasteiger partial charge on any atom is 0.341 e. The molecular formula is C23H24ClNO4. The van der Waals surface area contributed by atoms with Gasteiger partial charge in [-0.1, -0.05) is 37.3 Å². The molecule has 0 bridgehead atoms. The molecule has 4 rings (SSSR count). The Balaban J connectivity index is 1.56. The van der Waals surface area contributed by atoms with E-state index in [1.807, 2.05) is 19.1 Å². The summed E-state index contributed by atoms with van der Waals surface area (Å²) in [5.41, 5.74) is 3.21. The van der Waals surface area contributed by atoms with Crippen molar-refractivity contribution in [1.82, 2.24) is 4.98 Å². The molecule has 1 saturated carbocycles. The van der Waals surface area contributed by atoms with E-state index in [1.165, 1.54) is 36.6 Å². The van der Waals surface area contributed by atoms with E-state index < -0.39 is 12.6 Å². The van der Waals surface area contributed by atoms with Gasteiger partial charge in [-0.2, -0.15) is 0 Å². The van der Waals surface area contributed by atoms with Gasteiger partial charge in [-0.05, 0) is 54.7 Å². The van der Waals surface area contributed by atoms with Crippen LogP contribution in [0.15, 0.2) is 36.5 Å². The van der Waals surface area contributed by atoms with E-state index in [9.17, 15) is 4.79 Å². The number of carboxylic acid groups (broad SMARTS) is 1. The average molecular weight is 414 g/mol. The highest BCUT2D eigenvalue weighted by Gasteiger charge is 2.18. The van der Waals surface area contributed by atoms with Gasteiger partial charge in [0.15, 0.2) is 6.61 Å². The van der Waals surface area contributed by atoms with Crippen molar-refractivity contribution in [1.29, 1.82) is 0 Å². The van der Waals surface area contributed by atoms with Crippen LogP contribution in [-0.4, -0.2) is 22.7 Å². The Kier molecular flexibility index (Phi) is 5.67. The van der Waals surface area contributed by atoms with Gasteiger partial charge in [0.25, 0.3) is 0 Å². The molecule has 29 heavy (non-hydrogen) atoms. The number of ether oxygens (including phenoxy) is 2. The Morgan fingerprint density at radius 3 is 2.72 bits per heavy atom.